The van der Waals surface area contributed by atoms with Crippen molar-refractivity contribution in [1.29, 1.82) is 0 Å². The molecule has 0 heterocycles. The third kappa shape index (κ3) is 9.37. The number of amides is 3. The summed E-state index contributed by atoms with van der Waals surface area (Å²) in [6, 6.07) is 1.99. The molecule has 7 N–H and O–H groups in total. The lowest BCUT2D eigenvalue weighted by Crippen LogP contribution is -2.58. The first-order valence-electron chi connectivity index (χ1n) is 9.86. The molecule has 0 aliphatic rings. The molecule has 10 nitrogen and oxygen atoms in total. The number of rotatable bonds is 13. The van der Waals surface area contributed by atoms with E-state index in [2.05, 4.69) is 28.6 Å². The SMILES string of the molecule is CSCCC(N)C(=O)NC(Cc1ccc(O)cc1)C(=O)NC(CS)C(=O)NC(C)C(=O)O. The number of benzene rings is 1. The highest BCUT2D eigenvalue weighted by Crippen LogP contribution is 2.12. The van der Waals surface area contributed by atoms with Crippen molar-refractivity contribution in [2.24, 2.45) is 5.73 Å². The quantitative estimate of drug-likeness (QED) is 0.183. The number of carboxylic acids is 1. The van der Waals surface area contributed by atoms with Gasteiger partial charge in [0.05, 0.1) is 6.04 Å². The molecule has 0 spiro atoms. The number of carboxylic acid groups (broad SMARTS) is 1. The minimum Gasteiger partial charge on any atom is -0.508 e. The lowest BCUT2D eigenvalue weighted by atomic mass is 10.0. The van der Waals surface area contributed by atoms with Gasteiger partial charge in [-0.15, -0.1) is 0 Å². The number of aliphatic carboxylic acids is 1. The van der Waals surface area contributed by atoms with Crippen LogP contribution in [0.25, 0.3) is 0 Å². The average Bonchev–Trinajstić information content (AvgIpc) is 2.76. The summed E-state index contributed by atoms with van der Waals surface area (Å²) in [6.07, 6.45) is 2.40. The first kappa shape index (κ1) is 27.6. The molecule has 0 fully saturated rings. The van der Waals surface area contributed by atoms with Gasteiger partial charge < -0.3 is 31.9 Å². The Morgan fingerprint density at radius 1 is 1.03 bits per heavy atom. The van der Waals surface area contributed by atoms with Gasteiger partial charge in [0.2, 0.25) is 17.7 Å². The minimum absolute atomic E-state index is 0.0530. The van der Waals surface area contributed by atoms with E-state index >= 15 is 0 Å². The van der Waals surface area contributed by atoms with Gasteiger partial charge >= 0.3 is 5.97 Å². The Morgan fingerprint density at radius 2 is 1.59 bits per heavy atom. The van der Waals surface area contributed by atoms with E-state index in [1.165, 1.54) is 19.1 Å². The fourth-order valence-corrected chi connectivity index (χ4v) is 3.32. The molecule has 32 heavy (non-hydrogen) atoms. The highest BCUT2D eigenvalue weighted by molar-refractivity contribution is 7.98. The van der Waals surface area contributed by atoms with Gasteiger partial charge in [-0.25, -0.2) is 0 Å². The summed E-state index contributed by atoms with van der Waals surface area (Å²) in [6.45, 7) is 1.29. The summed E-state index contributed by atoms with van der Waals surface area (Å²) in [5.74, 6) is -2.46. The number of thiol groups is 1. The second kappa shape index (κ2) is 13.9. The van der Waals surface area contributed by atoms with Crippen LogP contribution in [0, 0.1) is 0 Å². The van der Waals surface area contributed by atoms with Crippen LogP contribution in [0.4, 0.5) is 0 Å². The summed E-state index contributed by atoms with van der Waals surface area (Å²) < 4.78 is 0. The molecular weight excluding hydrogens is 456 g/mol. The Kier molecular flexibility index (Phi) is 12.0. The molecule has 1 rings (SSSR count). The standard InChI is InChI=1S/C20H30N4O6S2/c1-11(20(29)30)22-19(28)16(10-31)24-18(27)15(9-12-3-5-13(25)6-4-12)23-17(26)14(21)7-8-32-2/h3-6,11,14-16,25,31H,7-10,21H2,1-2H3,(H,22,28)(H,23,26)(H,24,27)(H,29,30). The largest absolute Gasteiger partial charge is 0.508 e. The van der Waals surface area contributed by atoms with Crippen LogP contribution in [-0.4, -0.2) is 75.8 Å². The molecule has 4 unspecified atom stereocenters. The summed E-state index contributed by atoms with van der Waals surface area (Å²) in [7, 11) is 0. The third-order valence-electron chi connectivity index (χ3n) is 4.52. The maximum absolute atomic E-state index is 12.9. The molecular formula is C20H30N4O6S2. The Bertz CT molecular complexity index is 793. The normalized spacial score (nSPS) is 14.5. The van der Waals surface area contributed by atoms with Crippen molar-refractivity contribution < 1.29 is 29.4 Å². The number of carbonyl (C=O) groups excluding carboxylic acids is 3. The Hall–Kier alpha value is -2.44. The Labute approximate surface area is 196 Å². The third-order valence-corrected chi connectivity index (χ3v) is 5.53. The first-order valence-corrected chi connectivity index (χ1v) is 11.9. The fraction of sp³-hybridized carbons (Fsp3) is 0.500. The van der Waals surface area contributed by atoms with Gasteiger partial charge in [-0.3, -0.25) is 19.2 Å². The van der Waals surface area contributed by atoms with Crippen LogP contribution in [0.3, 0.4) is 0 Å². The van der Waals surface area contributed by atoms with E-state index in [0.29, 0.717) is 17.7 Å². The summed E-state index contributed by atoms with van der Waals surface area (Å²) in [4.78, 5) is 48.7. The van der Waals surface area contributed by atoms with Crippen molar-refractivity contribution in [3.63, 3.8) is 0 Å². The number of hydrogen-bond donors (Lipinski definition) is 7. The zero-order valence-electron chi connectivity index (χ0n) is 17.9. The van der Waals surface area contributed by atoms with Crippen molar-refractivity contribution in [2.45, 2.75) is 43.9 Å². The maximum atomic E-state index is 12.9. The molecule has 0 aliphatic carbocycles. The zero-order valence-corrected chi connectivity index (χ0v) is 19.6. The molecule has 1 aromatic rings. The van der Waals surface area contributed by atoms with Gasteiger partial charge in [0.25, 0.3) is 0 Å². The highest BCUT2D eigenvalue weighted by Gasteiger charge is 2.29. The number of phenolic OH excluding ortho intramolecular Hbond substituents is 1. The van der Waals surface area contributed by atoms with Gasteiger partial charge in [0.1, 0.15) is 23.9 Å². The number of phenols is 1. The second-order valence-electron chi connectivity index (χ2n) is 7.13. The Morgan fingerprint density at radius 3 is 2.12 bits per heavy atom. The highest BCUT2D eigenvalue weighted by atomic mass is 32.2. The van der Waals surface area contributed by atoms with Crippen LogP contribution in [0.5, 0.6) is 5.75 Å². The second-order valence-corrected chi connectivity index (χ2v) is 8.48. The van der Waals surface area contributed by atoms with Gasteiger partial charge in [-0.2, -0.15) is 24.4 Å². The van der Waals surface area contributed by atoms with Crippen molar-refractivity contribution in [3.05, 3.63) is 29.8 Å². The summed E-state index contributed by atoms with van der Waals surface area (Å²) in [5, 5.41) is 25.8. The van der Waals surface area contributed by atoms with E-state index < -0.39 is 47.9 Å². The number of thioether (sulfide) groups is 1. The monoisotopic (exact) mass is 486 g/mol. The van der Waals surface area contributed by atoms with Crippen LogP contribution >= 0.6 is 24.4 Å². The van der Waals surface area contributed by atoms with Gasteiger partial charge in [0, 0.05) is 12.2 Å². The van der Waals surface area contributed by atoms with Crippen LogP contribution in [-0.2, 0) is 25.6 Å². The van der Waals surface area contributed by atoms with Gasteiger partial charge in [-0.1, -0.05) is 12.1 Å². The smallest absolute Gasteiger partial charge is 0.325 e. The number of nitrogens with two attached hydrogens (primary N) is 1. The lowest BCUT2D eigenvalue weighted by molar-refractivity contribution is -0.141. The van der Waals surface area contributed by atoms with Crippen LogP contribution in [0.1, 0.15) is 18.9 Å². The van der Waals surface area contributed by atoms with E-state index in [0.717, 1.165) is 0 Å². The zero-order chi connectivity index (χ0) is 24.3. The van der Waals surface area contributed by atoms with Crippen molar-refractivity contribution >= 4 is 48.1 Å². The molecule has 178 valence electrons. The predicted molar refractivity (Wildman–Crippen MR) is 126 cm³/mol. The van der Waals surface area contributed by atoms with Gasteiger partial charge in [-0.05, 0) is 43.0 Å². The van der Waals surface area contributed by atoms with Crippen molar-refractivity contribution in [3.8, 4) is 5.75 Å². The number of aromatic hydroxyl groups is 1. The molecule has 0 saturated heterocycles. The summed E-state index contributed by atoms with van der Waals surface area (Å²) >= 11 is 5.60. The van der Waals surface area contributed by atoms with Gasteiger partial charge in [0.15, 0.2) is 0 Å². The van der Waals surface area contributed by atoms with E-state index in [4.69, 9.17) is 10.8 Å². The molecule has 0 aliphatic heterocycles. The molecule has 12 heteroatoms. The van der Waals surface area contributed by atoms with Crippen molar-refractivity contribution in [1.82, 2.24) is 16.0 Å². The molecule has 4 atom stereocenters. The summed E-state index contributed by atoms with van der Waals surface area (Å²) in [5.41, 5.74) is 6.56. The fourth-order valence-electron chi connectivity index (χ4n) is 2.57. The lowest BCUT2D eigenvalue weighted by Gasteiger charge is -2.24. The molecule has 0 aromatic heterocycles. The minimum atomic E-state index is -1.22. The van der Waals surface area contributed by atoms with Crippen LogP contribution in [0.2, 0.25) is 0 Å². The van der Waals surface area contributed by atoms with E-state index in [-0.39, 0.29) is 17.9 Å². The van der Waals surface area contributed by atoms with E-state index in [1.54, 1.807) is 23.9 Å². The number of nitrogens with one attached hydrogen (secondary N) is 3. The number of hydrogen-bond acceptors (Lipinski definition) is 8. The first-order chi connectivity index (χ1) is 15.1. The number of carbonyl (C=O) groups is 4. The molecule has 0 bridgehead atoms. The van der Waals surface area contributed by atoms with Crippen LogP contribution < -0.4 is 21.7 Å². The van der Waals surface area contributed by atoms with E-state index in [1.807, 2.05) is 6.26 Å². The molecule has 3 amide bonds. The maximum Gasteiger partial charge on any atom is 0.325 e. The van der Waals surface area contributed by atoms with Crippen LogP contribution in [0.15, 0.2) is 24.3 Å². The van der Waals surface area contributed by atoms with Crippen molar-refractivity contribution in [2.75, 3.05) is 17.8 Å². The predicted octanol–water partition coefficient (Wildman–Crippen LogP) is -0.496. The van der Waals surface area contributed by atoms with E-state index in [9.17, 15) is 24.3 Å². The molecule has 0 saturated carbocycles. The molecule has 1 aromatic carbocycles. The average molecular weight is 487 g/mol. The Balaban J connectivity index is 2.96. The molecule has 0 radical (unpaired) electrons. The topological polar surface area (TPSA) is 171 Å².